The minimum Gasteiger partial charge on any atom is -0.341 e. The Kier molecular flexibility index (Phi) is 4.25. The van der Waals surface area contributed by atoms with Crippen molar-refractivity contribution in [2.24, 2.45) is 11.8 Å². The molecule has 2 fully saturated rings. The van der Waals surface area contributed by atoms with Crippen LogP contribution >= 0.6 is 0 Å². The molecule has 2 amide bonds. The molecule has 0 unspecified atom stereocenters. The van der Waals surface area contributed by atoms with Gasteiger partial charge in [-0.2, -0.15) is 0 Å². The summed E-state index contributed by atoms with van der Waals surface area (Å²) in [5.74, 6) is 1.26. The first-order chi connectivity index (χ1) is 8.58. The highest BCUT2D eigenvalue weighted by Gasteiger charge is 2.34. The summed E-state index contributed by atoms with van der Waals surface area (Å²) in [6.45, 7) is 7.20. The zero-order valence-electron chi connectivity index (χ0n) is 11.5. The van der Waals surface area contributed by atoms with Crippen LogP contribution in [-0.2, 0) is 9.59 Å². The Morgan fingerprint density at radius 2 is 1.67 bits per heavy atom. The normalized spacial score (nSPS) is 21.1. The van der Waals surface area contributed by atoms with E-state index in [4.69, 9.17) is 0 Å². The third-order valence-corrected chi connectivity index (χ3v) is 3.67. The molecule has 18 heavy (non-hydrogen) atoms. The highest BCUT2D eigenvalue weighted by Crippen LogP contribution is 2.31. The number of nitrogens with zero attached hydrogens (tertiary/aromatic N) is 2. The van der Waals surface area contributed by atoms with Gasteiger partial charge < -0.3 is 9.80 Å². The minimum atomic E-state index is 0.241. The van der Waals surface area contributed by atoms with Crippen LogP contribution < -0.4 is 0 Å². The van der Waals surface area contributed by atoms with Gasteiger partial charge in [-0.1, -0.05) is 13.8 Å². The average Bonchev–Trinajstić information content (AvgIpc) is 3.14. The standard InChI is InChI=1S/C14H24N2O2/c1-11(2)10-13(17)15-6-3-7-16(9-8-15)14(18)12-4-5-12/h11-12H,3-10H2,1-2H3. The first-order valence-electron chi connectivity index (χ1n) is 7.14. The van der Waals surface area contributed by atoms with Crippen molar-refractivity contribution in [3.05, 3.63) is 0 Å². The molecule has 1 aliphatic carbocycles. The van der Waals surface area contributed by atoms with E-state index in [0.29, 0.717) is 30.7 Å². The lowest BCUT2D eigenvalue weighted by Gasteiger charge is -2.22. The molecule has 0 radical (unpaired) electrons. The molecule has 1 saturated heterocycles. The fourth-order valence-corrected chi connectivity index (χ4v) is 2.45. The molecule has 102 valence electrons. The van der Waals surface area contributed by atoms with Crippen molar-refractivity contribution in [2.45, 2.75) is 39.5 Å². The summed E-state index contributed by atoms with van der Waals surface area (Å²) in [5, 5.41) is 0. The zero-order valence-corrected chi connectivity index (χ0v) is 11.5. The second kappa shape index (κ2) is 5.72. The molecular formula is C14H24N2O2. The van der Waals surface area contributed by atoms with E-state index >= 15 is 0 Å². The monoisotopic (exact) mass is 252 g/mol. The zero-order chi connectivity index (χ0) is 13.1. The Hall–Kier alpha value is -1.06. The first kappa shape index (κ1) is 13.4. The van der Waals surface area contributed by atoms with E-state index in [0.717, 1.165) is 38.9 Å². The molecule has 0 bridgehead atoms. The van der Waals surface area contributed by atoms with Gasteiger partial charge in [-0.3, -0.25) is 9.59 Å². The first-order valence-corrected chi connectivity index (χ1v) is 7.14. The van der Waals surface area contributed by atoms with Crippen molar-refractivity contribution >= 4 is 11.8 Å². The molecule has 4 nitrogen and oxygen atoms in total. The van der Waals surface area contributed by atoms with Crippen LogP contribution in [0.4, 0.5) is 0 Å². The van der Waals surface area contributed by atoms with Crippen LogP contribution in [-0.4, -0.2) is 47.8 Å². The van der Waals surface area contributed by atoms with E-state index in [1.807, 2.05) is 9.80 Å². The Labute approximate surface area is 109 Å². The molecule has 2 aliphatic rings. The Bertz CT molecular complexity index is 324. The van der Waals surface area contributed by atoms with Crippen molar-refractivity contribution in [2.75, 3.05) is 26.2 Å². The number of carbonyl (C=O) groups is 2. The molecule has 0 aromatic rings. The van der Waals surface area contributed by atoms with E-state index in [1.54, 1.807) is 0 Å². The molecule has 0 spiro atoms. The second-order valence-corrected chi connectivity index (χ2v) is 5.93. The number of amides is 2. The summed E-state index contributed by atoms with van der Waals surface area (Å²) in [7, 11) is 0. The summed E-state index contributed by atoms with van der Waals surface area (Å²) in [6.07, 6.45) is 3.66. The van der Waals surface area contributed by atoms with Gasteiger partial charge >= 0.3 is 0 Å². The second-order valence-electron chi connectivity index (χ2n) is 5.93. The van der Waals surface area contributed by atoms with E-state index < -0.39 is 0 Å². The van der Waals surface area contributed by atoms with Gasteiger partial charge in [-0.15, -0.1) is 0 Å². The van der Waals surface area contributed by atoms with Gasteiger partial charge in [-0.25, -0.2) is 0 Å². The van der Waals surface area contributed by atoms with Gasteiger partial charge in [-0.05, 0) is 25.2 Å². The lowest BCUT2D eigenvalue weighted by atomic mass is 10.1. The van der Waals surface area contributed by atoms with E-state index in [2.05, 4.69) is 13.8 Å². The average molecular weight is 252 g/mol. The lowest BCUT2D eigenvalue weighted by molar-refractivity contribution is -0.134. The maximum Gasteiger partial charge on any atom is 0.225 e. The van der Waals surface area contributed by atoms with E-state index in [9.17, 15) is 9.59 Å². The molecule has 4 heteroatoms. The molecule has 0 atom stereocenters. The Balaban J connectivity index is 1.83. The van der Waals surface area contributed by atoms with Crippen molar-refractivity contribution in [3.63, 3.8) is 0 Å². The highest BCUT2D eigenvalue weighted by molar-refractivity contribution is 5.81. The van der Waals surface area contributed by atoms with Crippen LogP contribution in [0.15, 0.2) is 0 Å². The van der Waals surface area contributed by atoms with Crippen LogP contribution in [0.2, 0.25) is 0 Å². The Morgan fingerprint density at radius 3 is 2.28 bits per heavy atom. The largest absolute Gasteiger partial charge is 0.341 e. The number of carbonyl (C=O) groups excluding carboxylic acids is 2. The topological polar surface area (TPSA) is 40.6 Å². The van der Waals surface area contributed by atoms with Crippen LogP contribution in [0.1, 0.15) is 39.5 Å². The van der Waals surface area contributed by atoms with Crippen molar-refractivity contribution in [1.82, 2.24) is 9.80 Å². The van der Waals surface area contributed by atoms with E-state index in [-0.39, 0.29) is 5.91 Å². The molecular weight excluding hydrogens is 228 g/mol. The van der Waals surface area contributed by atoms with Crippen LogP contribution in [0, 0.1) is 11.8 Å². The predicted octanol–water partition coefficient (Wildman–Crippen LogP) is 1.50. The molecule has 2 rings (SSSR count). The number of hydrogen-bond acceptors (Lipinski definition) is 2. The van der Waals surface area contributed by atoms with Gasteiger partial charge in [0.2, 0.25) is 11.8 Å². The van der Waals surface area contributed by atoms with Crippen molar-refractivity contribution in [3.8, 4) is 0 Å². The summed E-state index contributed by atoms with van der Waals surface area (Å²) in [6, 6.07) is 0. The third kappa shape index (κ3) is 3.47. The molecule has 1 aliphatic heterocycles. The van der Waals surface area contributed by atoms with Gasteiger partial charge in [0, 0.05) is 38.5 Å². The summed E-state index contributed by atoms with van der Waals surface area (Å²) in [4.78, 5) is 27.9. The van der Waals surface area contributed by atoms with Crippen LogP contribution in [0.25, 0.3) is 0 Å². The number of hydrogen-bond donors (Lipinski definition) is 0. The maximum absolute atomic E-state index is 12.0. The summed E-state index contributed by atoms with van der Waals surface area (Å²) >= 11 is 0. The predicted molar refractivity (Wildman–Crippen MR) is 70.0 cm³/mol. The summed E-state index contributed by atoms with van der Waals surface area (Å²) < 4.78 is 0. The lowest BCUT2D eigenvalue weighted by Crippen LogP contribution is -2.38. The minimum absolute atomic E-state index is 0.241. The van der Waals surface area contributed by atoms with Crippen molar-refractivity contribution in [1.29, 1.82) is 0 Å². The Morgan fingerprint density at radius 1 is 1.06 bits per heavy atom. The molecule has 1 heterocycles. The molecule has 1 saturated carbocycles. The van der Waals surface area contributed by atoms with Gasteiger partial charge in [0.05, 0.1) is 0 Å². The third-order valence-electron chi connectivity index (χ3n) is 3.67. The highest BCUT2D eigenvalue weighted by atomic mass is 16.2. The van der Waals surface area contributed by atoms with Gasteiger partial charge in [0.1, 0.15) is 0 Å². The van der Waals surface area contributed by atoms with Gasteiger partial charge in [0.25, 0.3) is 0 Å². The fraction of sp³-hybridized carbons (Fsp3) is 0.857. The summed E-state index contributed by atoms with van der Waals surface area (Å²) in [5.41, 5.74) is 0. The quantitative estimate of drug-likeness (QED) is 0.764. The molecule has 0 N–H and O–H groups in total. The van der Waals surface area contributed by atoms with Crippen molar-refractivity contribution < 1.29 is 9.59 Å². The number of rotatable bonds is 3. The fourth-order valence-electron chi connectivity index (χ4n) is 2.45. The van der Waals surface area contributed by atoms with Crippen LogP contribution in [0.5, 0.6) is 0 Å². The SMILES string of the molecule is CC(C)CC(=O)N1CCCN(C(=O)C2CC2)CC1. The molecule has 0 aromatic heterocycles. The molecule has 0 aromatic carbocycles. The van der Waals surface area contributed by atoms with E-state index in [1.165, 1.54) is 0 Å². The maximum atomic E-state index is 12.0. The van der Waals surface area contributed by atoms with Gasteiger partial charge in [0.15, 0.2) is 0 Å². The smallest absolute Gasteiger partial charge is 0.225 e. The van der Waals surface area contributed by atoms with Crippen LogP contribution in [0.3, 0.4) is 0 Å².